The van der Waals surface area contributed by atoms with Gasteiger partial charge in [0.05, 0.1) is 7.11 Å². The van der Waals surface area contributed by atoms with Crippen molar-refractivity contribution in [3.63, 3.8) is 0 Å². The molecule has 0 saturated heterocycles. The quantitative estimate of drug-likeness (QED) is 0.552. The second-order valence-corrected chi connectivity index (χ2v) is 6.66. The molecule has 0 bridgehead atoms. The average molecular weight is 367 g/mol. The van der Waals surface area contributed by atoms with Crippen molar-refractivity contribution in [3.05, 3.63) is 47.7 Å². The predicted molar refractivity (Wildman–Crippen MR) is 102 cm³/mol. The number of aryl methyl sites for hydroxylation is 1. The van der Waals surface area contributed by atoms with Crippen molar-refractivity contribution in [2.24, 2.45) is 0 Å². The number of thiazole rings is 1. The summed E-state index contributed by atoms with van der Waals surface area (Å²) in [6, 6.07) is 11.6. The fraction of sp³-hybridized carbons (Fsp3) is 0.167. The van der Waals surface area contributed by atoms with Crippen LogP contribution in [0.1, 0.15) is 11.3 Å². The van der Waals surface area contributed by atoms with E-state index < -0.39 is 0 Å². The molecule has 26 heavy (non-hydrogen) atoms. The molecule has 0 unspecified atom stereocenters. The number of hydrogen-bond donors (Lipinski definition) is 2. The molecular formula is C18H17N5O2S. The van der Waals surface area contributed by atoms with Gasteiger partial charge in [0.25, 0.3) is 0 Å². The number of nitrogens with zero attached hydrogens (tertiary/aromatic N) is 3. The van der Waals surface area contributed by atoms with Crippen LogP contribution in [0.4, 0.5) is 11.8 Å². The summed E-state index contributed by atoms with van der Waals surface area (Å²) in [6.07, 6.45) is 0. The predicted octanol–water partition coefficient (Wildman–Crippen LogP) is 3.86. The SMILES string of the molecule is COc1ccccc1CNc1nc(N)c2nc(-c3ccc(C)o3)sc2n1. The zero-order valence-corrected chi connectivity index (χ0v) is 15.1. The first-order valence-corrected chi connectivity index (χ1v) is 8.82. The number of anilines is 2. The van der Waals surface area contributed by atoms with Gasteiger partial charge in [0, 0.05) is 12.1 Å². The number of nitrogens with two attached hydrogens (primary N) is 1. The lowest BCUT2D eigenvalue weighted by Crippen LogP contribution is -2.06. The lowest BCUT2D eigenvalue weighted by atomic mass is 10.2. The lowest BCUT2D eigenvalue weighted by molar-refractivity contribution is 0.410. The van der Waals surface area contributed by atoms with Gasteiger partial charge in [0.15, 0.2) is 21.4 Å². The highest BCUT2D eigenvalue weighted by Crippen LogP contribution is 2.32. The molecule has 0 saturated carbocycles. The number of nitrogen functional groups attached to an aromatic ring is 1. The first-order valence-electron chi connectivity index (χ1n) is 8.00. The van der Waals surface area contributed by atoms with E-state index in [2.05, 4.69) is 20.3 Å². The van der Waals surface area contributed by atoms with Crippen molar-refractivity contribution in [2.75, 3.05) is 18.2 Å². The van der Waals surface area contributed by atoms with Crippen molar-refractivity contribution < 1.29 is 9.15 Å². The molecule has 0 atom stereocenters. The molecule has 0 radical (unpaired) electrons. The van der Waals surface area contributed by atoms with Gasteiger partial charge in [-0.15, -0.1) is 0 Å². The molecule has 0 aliphatic carbocycles. The molecule has 0 amide bonds. The molecule has 3 heterocycles. The Hall–Kier alpha value is -3.13. The minimum atomic E-state index is 0.336. The number of nitrogens with one attached hydrogen (secondary N) is 1. The smallest absolute Gasteiger partial charge is 0.226 e. The van der Waals surface area contributed by atoms with Crippen molar-refractivity contribution >= 4 is 33.5 Å². The summed E-state index contributed by atoms with van der Waals surface area (Å²) in [5, 5.41) is 3.93. The van der Waals surface area contributed by atoms with Crippen LogP contribution in [0.25, 0.3) is 21.1 Å². The van der Waals surface area contributed by atoms with Crippen LogP contribution >= 0.6 is 11.3 Å². The molecule has 0 aliphatic rings. The molecule has 3 aromatic heterocycles. The van der Waals surface area contributed by atoms with Crippen LogP contribution in [0.2, 0.25) is 0 Å². The summed E-state index contributed by atoms with van der Waals surface area (Å²) < 4.78 is 11.0. The summed E-state index contributed by atoms with van der Waals surface area (Å²) in [6.45, 7) is 2.42. The Labute approximate surface area is 153 Å². The largest absolute Gasteiger partial charge is 0.496 e. The number of hydrogen-bond acceptors (Lipinski definition) is 8. The highest BCUT2D eigenvalue weighted by Gasteiger charge is 2.15. The molecular weight excluding hydrogens is 350 g/mol. The van der Waals surface area contributed by atoms with Crippen LogP contribution < -0.4 is 15.8 Å². The van der Waals surface area contributed by atoms with Crippen molar-refractivity contribution in [1.82, 2.24) is 15.0 Å². The van der Waals surface area contributed by atoms with Gasteiger partial charge in [-0.2, -0.15) is 4.98 Å². The number of ether oxygens (including phenoxy) is 1. The maximum absolute atomic E-state index is 6.08. The van der Waals surface area contributed by atoms with Crippen LogP contribution in [0.15, 0.2) is 40.8 Å². The topological polar surface area (TPSA) is 99.1 Å². The zero-order valence-electron chi connectivity index (χ0n) is 14.3. The summed E-state index contributed by atoms with van der Waals surface area (Å²) in [4.78, 5) is 14.1. The van der Waals surface area contributed by atoms with E-state index in [4.69, 9.17) is 14.9 Å². The van der Waals surface area contributed by atoms with Crippen molar-refractivity contribution in [2.45, 2.75) is 13.5 Å². The summed E-state index contributed by atoms with van der Waals surface area (Å²) in [5.41, 5.74) is 7.67. The van der Waals surface area contributed by atoms with Crippen molar-refractivity contribution in [1.29, 1.82) is 0 Å². The monoisotopic (exact) mass is 367 g/mol. The molecule has 7 nitrogen and oxygen atoms in total. The van der Waals surface area contributed by atoms with E-state index in [1.54, 1.807) is 7.11 Å². The Morgan fingerprint density at radius 1 is 1.15 bits per heavy atom. The van der Waals surface area contributed by atoms with E-state index in [-0.39, 0.29) is 0 Å². The zero-order chi connectivity index (χ0) is 18.1. The fourth-order valence-corrected chi connectivity index (χ4v) is 3.51. The summed E-state index contributed by atoms with van der Waals surface area (Å²) in [5.74, 6) is 3.13. The standard InChI is InChI=1S/C18H17N5O2S/c1-10-7-8-13(25-10)16-21-14-15(19)22-18(23-17(14)26-16)20-9-11-5-3-4-6-12(11)24-2/h3-8H,9H2,1-2H3,(H3,19,20,22,23). The van der Waals surface area contributed by atoms with E-state index in [0.717, 1.165) is 22.1 Å². The summed E-state index contributed by atoms with van der Waals surface area (Å²) in [7, 11) is 1.65. The number of methoxy groups -OCH3 is 1. The Balaban J connectivity index is 1.62. The van der Waals surface area contributed by atoms with Crippen LogP contribution in [0.5, 0.6) is 5.75 Å². The first-order chi connectivity index (χ1) is 12.6. The number of para-hydroxylation sites is 1. The van der Waals surface area contributed by atoms with Gasteiger partial charge < -0.3 is 20.2 Å². The third-order valence-corrected chi connectivity index (χ3v) is 4.83. The third-order valence-electron chi connectivity index (χ3n) is 3.87. The second kappa shape index (κ2) is 6.64. The third kappa shape index (κ3) is 3.06. The summed E-state index contributed by atoms with van der Waals surface area (Å²) >= 11 is 1.42. The molecule has 1 aromatic carbocycles. The van der Waals surface area contributed by atoms with E-state index in [9.17, 15) is 0 Å². The van der Waals surface area contributed by atoms with E-state index in [1.165, 1.54) is 11.3 Å². The number of aromatic nitrogens is 3. The van der Waals surface area contributed by atoms with Gasteiger partial charge in [-0.1, -0.05) is 29.5 Å². The molecule has 4 rings (SSSR count). The number of benzene rings is 1. The van der Waals surface area contributed by atoms with E-state index >= 15 is 0 Å². The molecule has 0 aliphatic heterocycles. The maximum Gasteiger partial charge on any atom is 0.226 e. The van der Waals surface area contributed by atoms with Crippen LogP contribution in [0.3, 0.4) is 0 Å². The molecule has 4 aromatic rings. The van der Waals surface area contributed by atoms with Crippen LogP contribution in [0, 0.1) is 6.92 Å². The molecule has 132 valence electrons. The molecule has 8 heteroatoms. The maximum atomic E-state index is 6.08. The highest BCUT2D eigenvalue weighted by molar-refractivity contribution is 7.21. The number of fused-ring (bicyclic) bond motifs is 1. The Bertz CT molecular complexity index is 1070. The fourth-order valence-electron chi connectivity index (χ4n) is 2.60. The average Bonchev–Trinajstić information content (AvgIpc) is 3.26. The Morgan fingerprint density at radius 2 is 2.00 bits per heavy atom. The molecule has 0 spiro atoms. The first kappa shape index (κ1) is 16.3. The van der Waals surface area contributed by atoms with E-state index in [0.29, 0.717) is 34.4 Å². The van der Waals surface area contributed by atoms with Crippen molar-refractivity contribution in [3.8, 4) is 16.5 Å². The number of rotatable bonds is 5. The van der Waals surface area contributed by atoms with Crippen LogP contribution in [-0.2, 0) is 6.54 Å². The minimum absolute atomic E-state index is 0.336. The second-order valence-electron chi connectivity index (χ2n) is 5.68. The normalized spacial score (nSPS) is 11.0. The van der Waals surface area contributed by atoms with E-state index in [1.807, 2.05) is 43.3 Å². The molecule has 3 N–H and O–H groups in total. The Morgan fingerprint density at radius 3 is 2.77 bits per heavy atom. The number of furan rings is 1. The lowest BCUT2D eigenvalue weighted by Gasteiger charge is -2.09. The van der Waals surface area contributed by atoms with Gasteiger partial charge in [0.2, 0.25) is 5.95 Å². The van der Waals surface area contributed by atoms with Gasteiger partial charge in [-0.25, -0.2) is 9.97 Å². The molecule has 0 fully saturated rings. The Kier molecular flexibility index (Phi) is 4.18. The van der Waals surface area contributed by atoms with Gasteiger partial charge in [0.1, 0.15) is 17.0 Å². The minimum Gasteiger partial charge on any atom is -0.496 e. The van der Waals surface area contributed by atoms with Crippen LogP contribution in [-0.4, -0.2) is 22.1 Å². The van der Waals surface area contributed by atoms with Gasteiger partial charge in [-0.3, -0.25) is 0 Å². The highest BCUT2D eigenvalue weighted by atomic mass is 32.1. The van der Waals surface area contributed by atoms with Gasteiger partial charge >= 0.3 is 0 Å². The van der Waals surface area contributed by atoms with Gasteiger partial charge in [-0.05, 0) is 25.1 Å².